The summed E-state index contributed by atoms with van der Waals surface area (Å²) in [5.74, 6) is -4.65. The van der Waals surface area contributed by atoms with Gasteiger partial charge < -0.3 is 0 Å². The number of aryl methyl sites for hydroxylation is 2. The van der Waals surface area contributed by atoms with E-state index < -0.39 is 29.6 Å². The van der Waals surface area contributed by atoms with E-state index in [1.807, 2.05) is 62.4 Å². The molecule has 7 atom stereocenters. The van der Waals surface area contributed by atoms with Crippen LogP contribution in [-0.4, -0.2) is 23.6 Å². The summed E-state index contributed by atoms with van der Waals surface area (Å²) in [6.45, 7) is 3.74. The maximum absolute atomic E-state index is 14.4. The lowest BCUT2D eigenvalue weighted by molar-refractivity contribution is -0.129. The van der Waals surface area contributed by atoms with Crippen molar-refractivity contribution in [1.82, 2.24) is 0 Å². The number of hydrogen-bond acceptors (Lipinski definition) is 4. The van der Waals surface area contributed by atoms with Gasteiger partial charge in [0.05, 0.1) is 35.0 Å². The summed E-state index contributed by atoms with van der Waals surface area (Å²) in [6, 6.07) is 20.4. The highest BCUT2D eigenvalue weighted by molar-refractivity contribution is 6.33. The molecule has 0 spiro atoms. The zero-order valence-corrected chi connectivity index (χ0v) is 25.5. The number of hydrogen-bond donors (Lipinski definition) is 0. The zero-order valence-electron chi connectivity index (χ0n) is 24.0. The van der Waals surface area contributed by atoms with Crippen molar-refractivity contribution >= 4 is 63.8 Å². The van der Waals surface area contributed by atoms with Gasteiger partial charge >= 0.3 is 0 Å². The maximum Gasteiger partial charge on any atom is 0.238 e. The molecule has 4 amide bonds. The first-order valence-corrected chi connectivity index (χ1v) is 15.7. The van der Waals surface area contributed by atoms with Crippen molar-refractivity contribution in [2.45, 2.75) is 20.3 Å². The fourth-order valence-electron chi connectivity index (χ4n) is 8.47. The third-order valence-corrected chi connectivity index (χ3v) is 11.3. The lowest BCUT2D eigenvalue weighted by Crippen LogP contribution is -2.51. The molecule has 0 unspecified atom stereocenters. The Balaban J connectivity index is 1.28. The predicted molar refractivity (Wildman–Crippen MR) is 169 cm³/mol. The van der Waals surface area contributed by atoms with Crippen molar-refractivity contribution in [3.05, 3.63) is 111 Å². The number of allylic oxidation sites excluding steroid dienone is 4. The molecule has 3 aromatic carbocycles. The summed E-state index contributed by atoms with van der Waals surface area (Å²) < 4.78 is 0. The summed E-state index contributed by atoms with van der Waals surface area (Å²) in [5, 5.41) is 0.964. The Bertz CT molecular complexity index is 1880. The maximum atomic E-state index is 14.4. The Morgan fingerprint density at radius 2 is 1.20 bits per heavy atom. The van der Waals surface area contributed by atoms with Crippen molar-refractivity contribution < 1.29 is 19.2 Å². The Kier molecular flexibility index (Phi) is 6.10. The van der Waals surface area contributed by atoms with Crippen LogP contribution in [0.2, 0.25) is 10.0 Å². The number of amides is 4. The van der Waals surface area contributed by atoms with E-state index in [4.69, 9.17) is 23.2 Å². The van der Waals surface area contributed by atoms with E-state index in [-0.39, 0.29) is 35.5 Å². The summed E-state index contributed by atoms with van der Waals surface area (Å²) >= 11 is 12.8. The van der Waals surface area contributed by atoms with E-state index in [9.17, 15) is 19.2 Å². The van der Waals surface area contributed by atoms with Gasteiger partial charge in [-0.1, -0.05) is 83.4 Å². The lowest BCUT2D eigenvalue weighted by atomic mass is 9.49. The first-order valence-electron chi connectivity index (χ1n) is 14.9. The number of carbonyl (C=O) groups is 4. The van der Waals surface area contributed by atoms with Gasteiger partial charge in [-0.3, -0.25) is 19.2 Å². The Morgan fingerprint density at radius 3 is 1.82 bits per heavy atom. The minimum absolute atomic E-state index is 0.246. The number of anilines is 2. The first-order chi connectivity index (χ1) is 21.2. The van der Waals surface area contributed by atoms with Crippen LogP contribution in [0.5, 0.6) is 0 Å². The van der Waals surface area contributed by atoms with Crippen molar-refractivity contribution in [1.29, 1.82) is 0 Å². The van der Waals surface area contributed by atoms with Crippen molar-refractivity contribution in [3.63, 3.8) is 0 Å². The minimum Gasteiger partial charge on any atom is -0.274 e. The second kappa shape index (κ2) is 9.75. The molecule has 3 fully saturated rings. The summed E-state index contributed by atoms with van der Waals surface area (Å²) in [7, 11) is 0. The van der Waals surface area contributed by atoms with Crippen LogP contribution in [0.4, 0.5) is 11.4 Å². The van der Waals surface area contributed by atoms with Crippen LogP contribution in [-0.2, 0) is 19.2 Å². The molecule has 2 bridgehead atoms. The highest BCUT2D eigenvalue weighted by Gasteiger charge is 2.67. The standard InChI is InChI=1S/C36H28Cl2N2O4/c1-17-8-10-20(14-26(17)37)39-33(41)25-16-24(19-6-4-3-5-7-19)28-22-12-13-23(29(28)32(25)36(39)44)31-30(22)34(42)40(35(31)43)21-11-9-18(2)27(38)15-21/h3-15,22-23,25,29-32H,16H2,1-2H3/t22-,23+,25+,29+,30-,31-,32-/m1/s1. The highest BCUT2D eigenvalue weighted by atomic mass is 35.5. The van der Waals surface area contributed by atoms with E-state index in [2.05, 4.69) is 6.08 Å². The molecule has 3 aromatic rings. The Morgan fingerprint density at radius 1 is 0.636 bits per heavy atom. The smallest absolute Gasteiger partial charge is 0.238 e. The highest BCUT2D eigenvalue weighted by Crippen LogP contribution is 2.63. The Labute approximate surface area is 264 Å². The summed E-state index contributed by atoms with van der Waals surface area (Å²) in [6.07, 6.45) is 4.45. The average Bonchev–Trinajstić information content (AvgIpc) is 3.45. The predicted octanol–water partition coefficient (Wildman–Crippen LogP) is 6.81. The fourth-order valence-corrected chi connectivity index (χ4v) is 8.82. The topological polar surface area (TPSA) is 74.8 Å². The van der Waals surface area contributed by atoms with Gasteiger partial charge in [-0.05, 0) is 72.7 Å². The number of benzene rings is 3. The molecule has 2 aliphatic heterocycles. The Hall–Kier alpha value is -4.00. The van der Waals surface area contributed by atoms with Crippen molar-refractivity contribution in [2.24, 2.45) is 41.4 Å². The second-order valence-corrected chi connectivity index (χ2v) is 13.4. The average molecular weight is 624 g/mol. The molecule has 6 nitrogen and oxygen atoms in total. The van der Waals surface area contributed by atoms with Crippen LogP contribution in [0.15, 0.2) is 84.5 Å². The van der Waals surface area contributed by atoms with Gasteiger partial charge in [0.25, 0.3) is 0 Å². The molecule has 6 aliphatic rings. The van der Waals surface area contributed by atoms with E-state index in [1.165, 1.54) is 9.80 Å². The van der Waals surface area contributed by atoms with Crippen LogP contribution in [0.25, 0.3) is 5.57 Å². The van der Waals surface area contributed by atoms with E-state index in [1.54, 1.807) is 24.3 Å². The lowest BCUT2D eigenvalue weighted by Gasteiger charge is -2.51. The molecule has 8 heteroatoms. The number of rotatable bonds is 3. The normalized spacial score (nSPS) is 30.3. The number of halogens is 2. The number of carbonyl (C=O) groups excluding carboxylic acids is 4. The molecule has 4 aliphatic carbocycles. The third kappa shape index (κ3) is 3.67. The van der Waals surface area contributed by atoms with Gasteiger partial charge in [0, 0.05) is 21.9 Å². The minimum atomic E-state index is -0.644. The molecule has 0 aromatic heterocycles. The van der Waals surface area contributed by atoms with Crippen molar-refractivity contribution in [3.8, 4) is 0 Å². The second-order valence-electron chi connectivity index (χ2n) is 12.6. The van der Waals surface area contributed by atoms with Crippen LogP contribution < -0.4 is 9.80 Å². The quantitative estimate of drug-likeness (QED) is 0.237. The van der Waals surface area contributed by atoms with Crippen LogP contribution in [0, 0.1) is 55.3 Å². The van der Waals surface area contributed by atoms with Gasteiger partial charge in [0.15, 0.2) is 0 Å². The van der Waals surface area contributed by atoms with Crippen LogP contribution in [0.1, 0.15) is 23.1 Å². The molecule has 2 heterocycles. The molecule has 1 saturated carbocycles. The van der Waals surface area contributed by atoms with E-state index in [0.29, 0.717) is 27.8 Å². The molecule has 9 rings (SSSR count). The molecule has 0 N–H and O–H groups in total. The van der Waals surface area contributed by atoms with Gasteiger partial charge in [-0.15, -0.1) is 0 Å². The summed E-state index contributed by atoms with van der Waals surface area (Å²) in [4.78, 5) is 59.4. The monoisotopic (exact) mass is 622 g/mol. The molecule has 44 heavy (non-hydrogen) atoms. The largest absolute Gasteiger partial charge is 0.274 e. The first kappa shape index (κ1) is 27.5. The number of fused-ring (bicyclic) bond motifs is 1. The molecular weight excluding hydrogens is 595 g/mol. The van der Waals surface area contributed by atoms with Crippen molar-refractivity contribution in [2.75, 3.05) is 9.80 Å². The molecule has 220 valence electrons. The van der Waals surface area contributed by atoms with E-state index >= 15 is 0 Å². The molecular formula is C36H28Cl2N2O4. The SMILES string of the molecule is Cc1ccc(N2C(=O)[C@@H]3[C@H]4C=C[C@H](C5=C(c6ccccc6)C[C@@H]6C(=O)N(c7ccc(C)c(Cl)c7)C(=O)[C@H]6[C@H]54)[C@H]3C2=O)cc1Cl. The third-order valence-electron chi connectivity index (χ3n) is 10.5. The fraction of sp³-hybridized carbons (Fsp3) is 0.278. The number of imide groups is 2. The van der Waals surface area contributed by atoms with Gasteiger partial charge in [0.2, 0.25) is 23.6 Å². The molecule has 0 radical (unpaired) electrons. The van der Waals surface area contributed by atoms with Crippen LogP contribution >= 0.6 is 23.2 Å². The van der Waals surface area contributed by atoms with Gasteiger partial charge in [-0.25, -0.2) is 9.80 Å². The zero-order chi connectivity index (χ0) is 30.6. The van der Waals surface area contributed by atoms with Crippen LogP contribution in [0.3, 0.4) is 0 Å². The summed E-state index contributed by atoms with van der Waals surface area (Å²) in [5.41, 5.74) is 5.60. The van der Waals surface area contributed by atoms with E-state index in [0.717, 1.165) is 27.8 Å². The molecule has 2 saturated heterocycles. The number of nitrogens with zero attached hydrogens (tertiary/aromatic N) is 2. The van der Waals surface area contributed by atoms with Gasteiger partial charge in [0.1, 0.15) is 0 Å². The van der Waals surface area contributed by atoms with Gasteiger partial charge in [-0.2, -0.15) is 0 Å².